The van der Waals surface area contributed by atoms with E-state index in [4.69, 9.17) is 5.73 Å². The minimum absolute atomic E-state index is 0.759. The Balaban J connectivity index is 2.05. The lowest BCUT2D eigenvalue weighted by atomic mass is 10.1. The normalized spacial score (nSPS) is 22.2. The van der Waals surface area contributed by atoms with Crippen molar-refractivity contribution < 1.29 is 0 Å². The molecule has 0 aliphatic carbocycles. The summed E-state index contributed by atoms with van der Waals surface area (Å²) in [4.78, 5) is 2.53. The van der Waals surface area contributed by atoms with Gasteiger partial charge in [-0.3, -0.25) is 4.90 Å². The van der Waals surface area contributed by atoms with E-state index in [-0.39, 0.29) is 0 Å². The summed E-state index contributed by atoms with van der Waals surface area (Å²) in [6.07, 6.45) is 0. The molecular formula is C13H20N2S. The quantitative estimate of drug-likeness (QED) is 0.800. The largest absolute Gasteiger partial charge is 0.399 e. The van der Waals surface area contributed by atoms with Gasteiger partial charge in [0.1, 0.15) is 0 Å². The Morgan fingerprint density at radius 3 is 3.06 bits per heavy atom. The molecule has 0 spiro atoms. The van der Waals surface area contributed by atoms with Gasteiger partial charge in [0.25, 0.3) is 0 Å². The zero-order valence-corrected chi connectivity index (χ0v) is 10.9. The van der Waals surface area contributed by atoms with Gasteiger partial charge in [0, 0.05) is 36.3 Å². The van der Waals surface area contributed by atoms with Crippen LogP contribution in [0.4, 0.5) is 5.69 Å². The first-order valence-corrected chi connectivity index (χ1v) is 6.89. The first-order chi connectivity index (χ1) is 7.66. The van der Waals surface area contributed by atoms with Gasteiger partial charge in [-0.25, -0.2) is 0 Å². The molecule has 88 valence electrons. The molecular weight excluding hydrogens is 216 g/mol. The van der Waals surface area contributed by atoms with E-state index in [0.29, 0.717) is 0 Å². The molecule has 1 fully saturated rings. The van der Waals surface area contributed by atoms with Crippen LogP contribution in [0.1, 0.15) is 18.1 Å². The molecule has 1 saturated heterocycles. The van der Waals surface area contributed by atoms with Crippen LogP contribution >= 0.6 is 11.8 Å². The lowest BCUT2D eigenvalue weighted by Gasteiger charge is -2.31. The maximum atomic E-state index is 5.93. The molecule has 2 N–H and O–H groups in total. The minimum atomic E-state index is 0.759. The number of hydrogen-bond acceptors (Lipinski definition) is 3. The molecule has 0 amide bonds. The van der Waals surface area contributed by atoms with Crippen molar-refractivity contribution in [3.8, 4) is 0 Å². The van der Waals surface area contributed by atoms with E-state index in [9.17, 15) is 0 Å². The van der Waals surface area contributed by atoms with Crippen LogP contribution in [0.15, 0.2) is 18.2 Å². The number of rotatable bonds is 2. The summed E-state index contributed by atoms with van der Waals surface area (Å²) in [6, 6.07) is 6.23. The van der Waals surface area contributed by atoms with E-state index in [2.05, 4.69) is 42.6 Å². The molecule has 1 aliphatic rings. The molecule has 1 heterocycles. The molecule has 0 radical (unpaired) electrons. The summed E-state index contributed by atoms with van der Waals surface area (Å²) >= 11 is 2.07. The van der Waals surface area contributed by atoms with E-state index < -0.39 is 0 Å². The van der Waals surface area contributed by atoms with Crippen LogP contribution in [0.2, 0.25) is 0 Å². The van der Waals surface area contributed by atoms with Crippen LogP contribution in [0, 0.1) is 6.92 Å². The zero-order chi connectivity index (χ0) is 11.5. The third-order valence-corrected chi connectivity index (χ3v) is 4.34. The lowest BCUT2D eigenvalue weighted by molar-refractivity contribution is 0.278. The van der Waals surface area contributed by atoms with Crippen LogP contribution < -0.4 is 5.73 Å². The molecule has 16 heavy (non-hydrogen) atoms. The standard InChI is InChI=1S/C13H20N2S/c1-10-8-15(6-7-16-10)9-12-4-3-5-13(14)11(12)2/h3-5,10H,6-9,14H2,1-2H3. The molecule has 1 aliphatic heterocycles. The Labute approximate surface area is 102 Å². The molecule has 0 aromatic heterocycles. The summed E-state index contributed by atoms with van der Waals surface area (Å²) in [5.41, 5.74) is 9.46. The van der Waals surface area contributed by atoms with Gasteiger partial charge in [0.15, 0.2) is 0 Å². The van der Waals surface area contributed by atoms with Gasteiger partial charge in [0.2, 0.25) is 0 Å². The molecule has 3 heteroatoms. The molecule has 1 aromatic carbocycles. The fraction of sp³-hybridized carbons (Fsp3) is 0.538. The predicted molar refractivity (Wildman–Crippen MR) is 72.8 cm³/mol. The maximum Gasteiger partial charge on any atom is 0.0346 e. The third-order valence-electron chi connectivity index (χ3n) is 3.21. The summed E-state index contributed by atoms with van der Waals surface area (Å²) < 4.78 is 0. The van der Waals surface area contributed by atoms with Crippen LogP contribution in [0.3, 0.4) is 0 Å². The van der Waals surface area contributed by atoms with Crippen molar-refractivity contribution in [1.29, 1.82) is 0 Å². The molecule has 1 unspecified atom stereocenters. The average molecular weight is 236 g/mol. The van der Waals surface area contributed by atoms with E-state index in [0.717, 1.165) is 17.5 Å². The lowest BCUT2D eigenvalue weighted by Crippen LogP contribution is -2.36. The van der Waals surface area contributed by atoms with Crippen LogP contribution in [0.25, 0.3) is 0 Å². The second-order valence-electron chi connectivity index (χ2n) is 4.55. The SMILES string of the molecule is Cc1c(N)cccc1CN1CCSC(C)C1. The summed E-state index contributed by atoms with van der Waals surface area (Å²) in [7, 11) is 0. The number of nitrogen functional groups attached to an aromatic ring is 1. The Kier molecular flexibility index (Phi) is 3.77. The summed E-state index contributed by atoms with van der Waals surface area (Å²) in [6.45, 7) is 7.86. The van der Waals surface area contributed by atoms with E-state index >= 15 is 0 Å². The average Bonchev–Trinajstić information content (AvgIpc) is 2.25. The highest BCUT2D eigenvalue weighted by Crippen LogP contribution is 2.22. The molecule has 1 aromatic rings. The highest BCUT2D eigenvalue weighted by molar-refractivity contribution is 7.99. The van der Waals surface area contributed by atoms with E-state index in [1.807, 2.05) is 6.07 Å². The van der Waals surface area contributed by atoms with E-state index in [1.165, 1.54) is 30.0 Å². The number of nitrogens with two attached hydrogens (primary N) is 1. The number of hydrogen-bond donors (Lipinski definition) is 1. The first kappa shape index (κ1) is 11.8. The van der Waals surface area contributed by atoms with Gasteiger partial charge in [0.05, 0.1) is 0 Å². The van der Waals surface area contributed by atoms with Crippen molar-refractivity contribution in [1.82, 2.24) is 4.90 Å². The van der Waals surface area contributed by atoms with Gasteiger partial charge in [-0.05, 0) is 24.1 Å². The second kappa shape index (κ2) is 5.11. The fourth-order valence-electron chi connectivity index (χ4n) is 2.15. The topological polar surface area (TPSA) is 29.3 Å². The van der Waals surface area contributed by atoms with Gasteiger partial charge in [-0.1, -0.05) is 19.1 Å². The van der Waals surface area contributed by atoms with Gasteiger partial charge < -0.3 is 5.73 Å². The number of benzene rings is 1. The summed E-state index contributed by atoms with van der Waals surface area (Å²) in [5.74, 6) is 1.25. The van der Waals surface area contributed by atoms with Gasteiger partial charge in [-0.2, -0.15) is 11.8 Å². The fourth-order valence-corrected chi connectivity index (χ4v) is 3.23. The van der Waals surface area contributed by atoms with Crippen LogP contribution in [0.5, 0.6) is 0 Å². The molecule has 0 bridgehead atoms. The van der Waals surface area contributed by atoms with Crippen LogP contribution in [-0.2, 0) is 6.54 Å². The van der Waals surface area contributed by atoms with Crippen molar-refractivity contribution in [2.75, 3.05) is 24.6 Å². The number of thioether (sulfide) groups is 1. The monoisotopic (exact) mass is 236 g/mol. The van der Waals surface area contributed by atoms with Crippen molar-refractivity contribution in [2.24, 2.45) is 0 Å². The van der Waals surface area contributed by atoms with Crippen LogP contribution in [-0.4, -0.2) is 29.0 Å². The highest BCUT2D eigenvalue weighted by Gasteiger charge is 2.17. The van der Waals surface area contributed by atoms with Gasteiger partial charge in [-0.15, -0.1) is 0 Å². The maximum absolute atomic E-state index is 5.93. The zero-order valence-electron chi connectivity index (χ0n) is 10.1. The molecule has 2 rings (SSSR count). The first-order valence-electron chi connectivity index (χ1n) is 5.84. The second-order valence-corrected chi connectivity index (χ2v) is 6.09. The van der Waals surface area contributed by atoms with Crippen molar-refractivity contribution >= 4 is 17.4 Å². The van der Waals surface area contributed by atoms with E-state index in [1.54, 1.807) is 0 Å². The predicted octanol–water partition coefficient (Wildman–Crippen LogP) is 2.51. The molecule has 0 saturated carbocycles. The van der Waals surface area contributed by atoms with Gasteiger partial charge >= 0.3 is 0 Å². The minimum Gasteiger partial charge on any atom is -0.399 e. The number of anilines is 1. The Morgan fingerprint density at radius 1 is 1.50 bits per heavy atom. The Morgan fingerprint density at radius 2 is 2.31 bits per heavy atom. The smallest absolute Gasteiger partial charge is 0.0346 e. The van der Waals surface area contributed by atoms with Crippen molar-refractivity contribution in [3.63, 3.8) is 0 Å². The van der Waals surface area contributed by atoms with Crippen molar-refractivity contribution in [2.45, 2.75) is 25.6 Å². The highest BCUT2D eigenvalue weighted by atomic mass is 32.2. The van der Waals surface area contributed by atoms with Crippen molar-refractivity contribution in [3.05, 3.63) is 29.3 Å². The number of nitrogens with zero attached hydrogens (tertiary/aromatic N) is 1. The molecule has 2 nitrogen and oxygen atoms in total. The molecule has 1 atom stereocenters. The Bertz CT molecular complexity index is 365. The third kappa shape index (κ3) is 2.71. The summed E-state index contributed by atoms with van der Waals surface area (Å²) in [5, 5.41) is 0.759. The Hall–Kier alpha value is -0.670.